The van der Waals surface area contributed by atoms with Gasteiger partial charge in [-0.2, -0.15) is 0 Å². The van der Waals surface area contributed by atoms with Crippen molar-refractivity contribution in [1.29, 1.82) is 0 Å². The molecule has 1 aliphatic rings. The summed E-state index contributed by atoms with van der Waals surface area (Å²) in [7, 11) is 0. The Kier molecular flexibility index (Phi) is 6.26. The Bertz CT molecular complexity index is 1030. The third-order valence-electron chi connectivity index (χ3n) is 5.71. The molecule has 0 bridgehead atoms. The van der Waals surface area contributed by atoms with Crippen molar-refractivity contribution in [2.24, 2.45) is 0 Å². The molecule has 4 nitrogen and oxygen atoms in total. The maximum atomic E-state index is 13.0. The molecule has 0 saturated heterocycles. The van der Waals surface area contributed by atoms with E-state index in [1.165, 1.54) is 11.1 Å². The number of rotatable bonds is 6. The molecule has 156 valence electrons. The van der Waals surface area contributed by atoms with E-state index in [0.29, 0.717) is 24.9 Å². The van der Waals surface area contributed by atoms with Crippen LogP contribution < -0.4 is 0 Å². The van der Waals surface area contributed by atoms with Crippen LogP contribution in [0.2, 0.25) is 5.02 Å². The molecule has 2 aromatic carbocycles. The van der Waals surface area contributed by atoms with E-state index in [4.69, 9.17) is 16.0 Å². The molecule has 30 heavy (non-hydrogen) atoms. The largest absolute Gasteiger partial charge is 0.455 e. The van der Waals surface area contributed by atoms with Crippen LogP contribution >= 0.6 is 11.6 Å². The molecule has 0 fully saturated rings. The minimum Gasteiger partial charge on any atom is -0.455 e. The fourth-order valence-electron chi connectivity index (χ4n) is 3.87. The Morgan fingerprint density at radius 2 is 1.77 bits per heavy atom. The number of amides is 1. The normalized spacial score (nSPS) is 13.7. The van der Waals surface area contributed by atoms with Crippen molar-refractivity contribution < 1.29 is 9.21 Å². The first-order chi connectivity index (χ1) is 14.5. The Morgan fingerprint density at radius 3 is 2.53 bits per heavy atom. The standard InChI is InChI=1S/C25H27ClN2O2/c1-18(2)28(16-21-9-5-6-10-23(21)26)17-22-11-12-24(30-22)25(29)27-14-13-19-7-3-4-8-20(19)15-27/h3-12,18H,13-17H2,1-2H3. The number of hydrogen-bond donors (Lipinski definition) is 0. The van der Waals surface area contributed by atoms with E-state index in [1.807, 2.05) is 41.3 Å². The minimum absolute atomic E-state index is 0.0436. The molecule has 5 heteroatoms. The number of hydrogen-bond acceptors (Lipinski definition) is 3. The highest BCUT2D eigenvalue weighted by molar-refractivity contribution is 6.31. The Hall–Kier alpha value is -2.56. The molecule has 2 heterocycles. The third-order valence-corrected chi connectivity index (χ3v) is 6.08. The summed E-state index contributed by atoms with van der Waals surface area (Å²) >= 11 is 6.34. The number of carbonyl (C=O) groups is 1. The fraction of sp³-hybridized carbons (Fsp3) is 0.320. The van der Waals surface area contributed by atoms with Gasteiger partial charge in [-0.25, -0.2) is 0 Å². The van der Waals surface area contributed by atoms with Crippen molar-refractivity contribution in [3.8, 4) is 0 Å². The molecule has 4 rings (SSSR count). The summed E-state index contributed by atoms with van der Waals surface area (Å²) in [4.78, 5) is 17.1. The average Bonchev–Trinajstić information content (AvgIpc) is 3.22. The van der Waals surface area contributed by atoms with E-state index in [2.05, 4.69) is 36.9 Å². The van der Waals surface area contributed by atoms with Gasteiger partial charge in [0.25, 0.3) is 5.91 Å². The predicted molar refractivity (Wildman–Crippen MR) is 119 cm³/mol. The van der Waals surface area contributed by atoms with Gasteiger partial charge in [0.1, 0.15) is 5.76 Å². The minimum atomic E-state index is -0.0436. The molecular weight excluding hydrogens is 396 g/mol. The summed E-state index contributed by atoms with van der Waals surface area (Å²) in [5.74, 6) is 1.15. The summed E-state index contributed by atoms with van der Waals surface area (Å²) < 4.78 is 5.97. The Morgan fingerprint density at radius 1 is 1.03 bits per heavy atom. The zero-order valence-corrected chi connectivity index (χ0v) is 18.2. The zero-order valence-electron chi connectivity index (χ0n) is 17.5. The molecule has 1 aromatic heterocycles. The molecule has 3 aromatic rings. The van der Waals surface area contributed by atoms with Gasteiger partial charge in [0.05, 0.1) is 6.54 Å². The monoisotopic (exact) mass is 422 g/mol. The maximum Gasteiger partial charge on any atom is 0.289 e. The molecule has 1 aliphatic heterocycles. The number of furan rings is 1. The van der Waals surface area contributed by atoms with Gasteiger partial charge < -0.3 is 9.32 Å². The van der Waals surface area contributed by atoms with E-state index in [-0.39, 0.29) is 5.91 Å². The van der Waals surface area contributed by atoms with E-state index in [0.717, 1.165) is 35.9 Å². The fourth-order valence-corrected chi connectivity index (χ4v) is 4.06. The van der Waals surface area contributed by atoms with Gasteiger partial charge in [0.2, 0.25) is 0 Å². The van der Waals surface area contributed by atoms with Crippen LogP contribution in [0.25, 0.3) is 0 Å². The molecule has 1 amide bonds. The van der Waals surface area contributed by atoms with Gasteiger partial charge >= 0.3 is 0 Å². The van der Waals surface area contributed by atoms with Gasteiger partial charge in [0.15, 0.2) is 5.76 Å². The first-order valence-corrected chi connectivity index (χ1v) is 10.8. The van der Waals surface area contributed by atoms with Crippen LogP contribution in [0.1, 0.15) is 46.9 Å². The summed E-state index contributed by atoms with van der Waals surface area (Å²) in [5, 5.41) is 0.767. The molecule has 0 spiro atoms. The summed E-state index contributed by atoms with van der Waals surface area (Å²) in [6.07, 6.45) is 0.883. The van der Waals surface area contributed by atoms with Gasteiger partial charge in [-0.05, 0) is 55.2 Å². The molecule has 0 aliphatic carbocycles. The van der Waals surface area contributed by atoms with Crippen molar-refractivity contribution in [3.05, 3.63) is 93.9 Å². The van der Waals surface area contributed by atoms with Gasteiger partial charge in [0, 0.05) is 30.7 Å². The van der Waals surface area contributed by atoms with Gasteiger partial charge in [-0.1, -0.05) is 54.1 Å². The molecule has 0 radical (unpaired) electrons. The van der Waals surface area contributed by atoms with E-state index >= 15 is 0 Å². The van der Waals surface area contributed by atoms with Crippen LogP contribution in [-0.2, 0) is 26.1 Å². The number of halogens is 1. The van der Waals surface area contributed by atoms with E-state index in [1.54, 1.807) is 6.07 Å². The smallest absolute Gasteiger partial charge is 0.289 e. The van der Waals surface area contributed by atoms with E-state index in [9.17, 15) is 4.79 Å². The Labute approximate surface area is 183 Å². The number of fused-ring (bicyclic) bond motifs is 1. The first-order valence-electron chi connectivity index (χ1n) is 10.4. The maximum absolute atomic E-state index is 13.0. The van der Waals surface area contributed by atoms with Crippen LogP contribution in [0.15, 0.2) is 65.1 Å². The van der Waals surface area contributed by atoms with Crippen LogP contribution in [0.4, 0.5) is 0 Å². The highest BCUT2D eigenvalue weighted by atomic mass is 35.5. The molecule has 0 saturated carbocycles. The zero-order chi connectivity index (χ0) is 21.1. The second-order valence-electron chi connectivity index (χ2n) is 8.10. The lowest BCUT2D eigenvalue weighted by Gasteiger charge is -2.28. The lowest BCUT2D eigenvalue weighted by Crippen LogP contribution is -2.35. The van der Waals surface area contributed by atoms with Crippen molar-refractivity contribution in [1.82, 2.24) is 9.80 Å². The summed E-state index contributed by atoms with van der Waals surface area (Å²) in [6.45, 7) is 7.00. The van der Waals surface area contributed by atoms with Gasteiger partial charge in [-0.3, -0.25) is 9.69 Å². The highest BCUT2D eigenvalue weighted by Gasteiger charge is 2.24. The molecular formula is C25H27ClN2O2. The molecule has 0 N–H and O–H groups in total. The summed E-state index contributed by atoms with van der Waals surface area (Å²) in [5.41, 5.74) is 3.63. The topological polar surface area (TPSA) is 36.7 Å². The van der Waals surface area contributed by atoms with E-state index < -0.39 is 0 Å². The highest BCUT2D eigenvalue weighted by Crippen LogP contribution is 2.23. The second kappa shape index (κ2) is 9.07. The number of benzene rings is 2. The summed E-state index contributed by atoms with van der Waals surface area (Å²) in [6, 6.07) is 20.2. The van der Waals surface area contributed by atoms with Crippen LogP contribution in [0.5, 0.6) is 0 Å². The Balaban J connectivity index is 1.44. The lowest BCUT2D eigenvalue weighted by molar-refractivity contribution is 0.0697. The average molecular weight is 423 g/mol. The first kappa shape index (κ1) is 20.7. The van der Waals surface area contributed by atoms with Crippen LogP contribution in [0, 0.1) is 0 Å². The van der Waals surface area contributed by atoms with Crippen molar-refractivity contribution in [2.75, 3.05) is 6.54 Å². The van der Waals surface area contributed by atoms with Crippen LogP contribution in [0.3, 0.4) is 0 Å². The molecule has 0 unspecified atom stereocenters. The third kappa shape index (κ3) is 4.61. The molecule has 0 atom stereocenters. The number of carbonyl (C=O) groups excluding carboxylic acids is 1. The van der Waals surface area contributed by atoms with Crippen molar-refractivity contribution in [3.63, 3.8) is 0 Å². The SMILES string of the molecule is CC(C)N(Cc1ccc(C(=O)N2CCc3ccccc3C2)o1)Cc1ccccc1Cl. The quantitative estimate of drug-likeness (QED) is 0.523. The van der Waals surface area contributed by atoms with Gasteiger partial charge in [-0.15, -0.1) is 0 Å². The van der Waals surface area contributed by atoms with Crippen LogP contribution in [-0.4, -0.2) is 28.3 Å². The lowest BCUT2D eigenvalue weighted by atomic mass is 10.00. The second-order valence-corrected chi connectivity index (χ2v) is 8.51. The number of nitrogens with zero attached hydrogens (tertiary/aromatic N) is 2. The van der Waals surface area contributed by atoms with Crippen molar-refractivity contribution >= 4 is 17.5 Å². The van der Waals surface area contributed by atoms with Crippen molar-refractivity contribution in [2.45, 2.75) is 45.9 Å². The predicted octanol–water partition coefficient (Wildman–Crippen LogP) is 5.54.